The van der Waals surface area contributed by atoms with E-state index in [9.17, 15) is 16.8 Å². The van der Waals surface area contributed by atoms with Crippen LogP contribution in [0.4, 0.5) is 5.69 Å². The highest BCUT2D eigenvalue weighted by molar-refractivity contribution is 7.92. The second-order valence-corrected chi connectivity index (χ2v) is 11.2. The highest BCUT2D eigenvalue weighted by atomic mass is 32.2. The van der Waals surface area contributed by atoms with E-state index in [4.69, 9.17) is 9.47 Å². The Morgan fingerprint density at radius 2 is 1.42 bits per heavy atom. The third-order valence-corrected chi connectivity index (χ3v) is 7.55. The third-order valence-electron chi connectivity index (χ3n) is 4.80. The van der Waals surface area contributed by atoms with E-state index in [1.54, 1.807) is 36.4 Å². The van der Waals surface area contributed by atoms with Gasteiger partial charge in [-0.15, -0.1) is 9.19 Å². The topological polar surface area (TPSA) is 133 Å². The quantitative estimate of drug-likeness (QED) is 0.331. The van der Waals surface area contributed by atoms with Gasteiger partial charge in [0.05, 0.1) is 0 Å². The summed E-state index contributed by atoms with van der Waals surface area (Å²) >= 11 is 0. The summed E-state index contributed by atoms with van der Waals surface area (Å²) in [5.74, 6) is 1.76. The highest BCUT2D eigenvalue weighted by Crippen LogP contribution is 2.26. The summed E-state index contributed by atoms with van der Waals surface area (Å²) in [7, 11) is -5.61. The summed E-state index contributed by atoms with van der Waals surface area (Å²) in [6, 6.07) is 23.1. The molecule has 4 rings (SSSR count). The summed E-state index contributed by atoms with van der Waals surface area (Å²) in [6.07, 6.45) is 0.818. The lowest BCUT2D eigenvalue weighted by molar-refractivity contribution is 0.306. The van der Waals surface area contributed by atoms with Gasteiger partial charge in [-0.2, -0.15) is 21.1 Å². The minimum Gasteiger partial charge on any atom is -0.489 e. The normalized spacial score (nSPS) is 11.9. The van der Waals surface area contributed by atoms with Gasteiger partial charge in [-0.1, -0.05) is 30.3 Å². The molecule has 0 saturated heterocycles. The van der Waals surface area contributed by atoms with Crippen LogP contribution < -0.4 is 14.2 Å². The lowest BCUT2D eigenvalue weighted by Crippen LogP contribution is -2.29. The minimum absolute atomic E-state index is 0.221. The monoisotopic (exact) mass is 529 g/mol. The molecule has 1 heterocycles. The van der Waals surface area contributed by atoms with Crippen molar-refractivity contribution in [2.24, 2.45) is 0 Å². The van der Waals surface area contributed by atoms with Crippen LogP contribution in [0.1, 0.15) is 5.56 Å². The second-order valence-electron chi connectivity index (χ2n) is 7.67. The largest absolute Gasteiger partial charge is 0.489 e. The SMILES string of the molecule is CN(C)S(=O)(=O)n1cnc(S(=O)(=O)Nc2ccc(Oc3ccc(OCc4ccccc4)cc3)cc2)n1. The van der Waals surface area contributed by atoms with Crippen molar-refractivity contribution in [2.45, 2.75) is 11.8 Å². The van der Waals surface area contributed by atoms with Gasteiger partial charge >= 0.3 is 10.2 Å². The first-order valence-electron chi connectivity index (χ1n) is 10.6. The number of hydrogen-bond donors (Lipinski definition) is 1. The van der Waals surface area contributed by atoms with Crippen LogP contribution in [0.15, 0.2) is 90.3 Å². The van der Waals surface area contributed by atoms with Gasteiger partial charge in [-0.25, -0.2) is 4.98 Å². The zero-order valence-corrected chi connectivity index (χ0v) is 21.0. The molecule has 0 atom stereocenters. The molecule has 0 fully saturated rings. The number of aromatic nitrogens is 3. The fourth-order valence-electron chi connectivity index (χ4n) is 2.91. The number of nitrogens with zero attached hydrogens (tertiary/aromatic N) is 4. The van der Waals surface area contributed by atoms with Crippen molar-refractivity contribution in [3.05, 3.63) is 90.8 Å². The highest BCUT2D eigenvalue weighted by Gasteiger charge is 2.25. The first-order chi connectivity index (χ1) is 17.1. The Morgan fingerprint density at radius 3 is 2.03 bits per heavy atom. The van der Waals surface area contributed by atoms with E-state index < -0.39 is 25.4 Å². The maximum Gasteiger partial charge on any atom is 0.323 e. The van der Waals surface area contributed by atoms with Crippen molar-refractivity contribution < 1.29 is 26.3 Å². The van der Waals surface area contributed by atoms with Gasteiger partial charge in [0.1, 0.15) is 30.2 Å². The number of anilines is 1. The predicted octanol–water partition coefficient (Wildman–Crippen LogP) is 3.10. The van der Waals surface area contributed by atoms with Crippen molar-refractivity contribution >= 4 is 25.9 Å². The van der Waals surface area contributed by atoms with Crippen molar-refractivity contribution in [3.63, 3.8) is 0 Å². The molecule has 0 spiro atoms. The van der Waals surface area contributed by atoms with Crippen LogP contribution in [0, 0.1) is 0 Å². The van der Waals surface area contributed by atoms with E-state index in [1.165, 1.54) is 26.2 Å². The Balaban J connectivity index is 1.36. The van der Waals surface area contributed by atoms with E-state index >= 15 is 0 Å². The lowest BCUT2D eigenvalue weighted by Gasteiger charge is -2.10. The number of nitrogens with one attached hydrogen (secondary N) is 1. The summed E-state index contributed by atoms with van der Waals surface area (Å²) in [5, 5.41) is 2.89. The standard InChI is InChI=1S/C23H23N5O6S2/c1-27(2)36(31,32)28-17-24-23(25-28)35(29,30)26-19-8-10-21(11-9-19)34-22-14-12-20(13-15-22)33-16-18-6-4-3-5-7-18/h3-15,17,26H,16H2,1-2H3. The Hall–Kier alpha value is -3.94. The summed E-state index contributed by atoms with van der Waals surface area (Å²) in [6.45, 7) is 0.458. The van der Waals surface area contributed by atoms with Crippen LogP contribution in [0.3, 0.4) is 0 Å². The smallest absolute Gasteiger partial charge is 0.323 e. The molecule has 0 unspecified atom stereocenters. The van der Waals surface area contributed by atoms with Crippen LogP contribution in [0.2, 0.25) is 0 Å². The van der Waals surface area contributed by atoms with Crippen LogP contribution in [0.5, 0.6) is 17.2 Å². The first kappa shape index (κ1) is 25.2. The molecular formula is C23H23N5O6S2. The molecule has 13 heteroatoms. The maximum atomic E-state index is 12.6. The Kier molecular flexibility index (Phi) is 7.24. The van der Waals surface area contributed by atoms with Crippen molar-refractivity contribution in [1.82, 2.24) is 18.5 Å². The van der Waals surface area contributed by atoms with Gasteiger partial charge in [-0.05, 0) is 54.1 Å². The van der Waals surface area contributed by atoms with E-state index in [0.717, 1.165) is 16.2 Å². The molecule has 0 amide bonds. The van der Waals surface area contributed by atoms with E-state index in [-0.39, 0.29) is 5.69 Å². The van der Waals surface area contributed by atoms with Crippen molar-refractivity contribution in [3.8, 4) is 17.2 Å². The molecule has 0 aliphatic carbocycles. The number of sulfonamides is 1. The van der Waals surface area contributed by atoms with Crippen molar-refractivity contribution in [2.75, 3.05) is 18.8 Å². The fraction of sp³-hybridized carbons (Fsp3) is 0.130. The second kappa shape index (κ2) is 10.4. The predicted molar refractivity (Wildman–Crippen MR) is 133 cm³/mol. The van der Waals surface area contributed by atoms with Gasteiger partial charge in [0.2, 0.25) is 0 Å². The minimum atomic E-state index is -4.21. The molecule has 0 radical (unpaired) electrons. The molecule has 0 aliphatic heterocycles. The number of benzene rings is 3. The van der Waals surface area contributed by atoms with Gasteiger partial charge in [0.25, 0.3) is 15.2 Å². The fourth-order valence-corrected chi connectivity index (χ4v) is 4.56. The van der Waals surface area contributed by atoms with Crippen LogP contribution in [-0.2, 0) is 26.8 Å². The molecule has 0 bridgehead atoms. The summed E-state index contributed by atoms with van der Waals surface area (Å²) < 4.78 is 64.5. The number of hydrogen-bond acceptors (Lipinski definition) is 8. The molecule has 3 aromatic carbocycles. The van der Waals surface area contributed by atoms with Crippen LogP contribution in [0.25, 0.3) is 0 Å². The lowest BCUT2D eigenvalue weighted by atomic mass is 10.2. The third kappa shape index (κ3) is 6.00. The molecule has 0 aliphatic rings. The molecule has 4 aromatic rings. The van der Waals surface area contributed by atoms with Gasteiger partial charge in [-0.3, -0.25) is 4.72 Å². The van der Waals surface area contributed by atoms with Crippen molar-refractivity contribution in [1.29, 1.82) is 0 Å². The van der Waals surface area contributed by atoms with E-state index in [1.807, 2.05) is 30.3 Å². The maximum absolute atomic E-state index is 12.6. The van der Waals surface area contributed by atoms with Crippen LogP contribution in [-0.4, -0.2) is 49.4 Å². The molecule has 11 nitrogen and oxygen atoms in total. The molecule has 1 N–H and O–H groups in total. The van der Waals surface area contributed by atoms with E-state index in [2.05, 4.69) is 14.8 Å². The number of ether oxygens (including phenoxy) is 2. The molecule has 0 saturated carbocycles. The molecule has 188 valence electrons. The Labute approximate surface area is 209 Å². The Bertz CT molecular complexity index is 1520. The first-order valence-corrected chi connectivity index (χ1v) is 13.4. The molecule has 36 heavy (non-hydrogen) atoms. The van der Waals surface area contributed by atoms with Gasteiger partial charge in [0.15, 0.2) is 0 Å². The summed E-state index contributed by atoms with van der Waals surface area (Å²) in [5.41, 5.74) is 1.29. The molecular weight excluding hydrogens is 506 g/mol. The van der Waals surface area contributed by atoms with Gasteiger partial charge < -0.3 is 9.47 Å². The number of rotatable bonds is 10. The Morgan fingerprint density at radius 1 is 0.833 bits per heavy atom. The van der Waals surface area contributed by atoms with Crippen LogP contribution >= 0.6 is 0 Å². The van der Waals surface area contributed by atoms with Gasteiger partial charge in [0, 0.05) is 19.8 Å². The molecule has 1 aromatic heterocycles. The summed E-state index contributed by atoms with van der Waals surface area (Å²) in [4.78, 5) is 3.60. The van der Waals surface area contributed by atoms with E-state index in [0.29, 0.717) is 27.9 Å². The average molecular weight is 530 g/mol. The zero-order chi connectivity index (χ0) is 25.8. The average Bonchev–Trinajstić information content (AvgIpc) is 3.38. The zero-order valence-electron chi connectivity index (χ0n) is 19.3.